The van der Waals surface area contributed by atoms with E-state index in [4.69, 9.17) is 9.47 Å². The third-order valence-electron chi connectivity index (χ3n) is 4.32. The summed E-state index contributed by atoms with van der Waals surface area (Å²) in [6.07, 6.45) is 2.15. The van der Waals surface area contributed by atoms with Crippen LogP contribution < -0.4 is 10.1 Å². The van der Waals surface area contributed by atoms with Crippen molar-refractivity contribution in [2.24, 2.45) is 0 Å². The van der Waals surface area contributed by atoms with Gasteiger partial charge in [0.2, 0.25) is 0 Å². The van der Waals surface area contributed by atoms with Crippen molar-refractivity contribution in [2.75, 3.05) is 20.8 Å². The molecule has 0 aromatic heterocycles. The van der Waals surface area contributed by atoms with E-state index >= 15 is 0 Å². The maximum Gasteiger partial charge on any atom is 0.122 e. The number of hydrogen-bond donors (Lipinski definition) is 1. The fourth-order valence-electron chi connectivity index (χ4n) is 2.84. The lowest BCUT2D eigenvalue weighted by Gasteiger charge is -2.36. The second kappa shape index (κ2) is 5.93. The Bertz CT molecular complexity index is 417. The Labute approximate surface area is 116 Å². The molecule has 1 aromatic carbocycles. The molecular formula is C16H25NO2. The van der Waals surface area contributed by atoms with Gasteiger partial charge in [-0.3, -0.25) is 0 Å². The molecule has 0 radical (unpaired) electrons. The monoisotopic (exact) mass is 263 g/mol. The summed E-state index contributed by atoms with van der Waals surface area (Å²) >= 11 is 0. The van der Waals surface area contributed by atoms with Gasteiger partial charge < -0.3 is 14.8 Å². The zero-order valence-electron chi connectivity index (χ0n) is 12.4. The first kappa shape index (κ1) is 14.4. The molecule has 106 valence electrons. The molecule has 0 aliphatic carbocycles. The minimum Gasteiger partial charge on any atom is -0.493 e. The Morgan fingerprint density at radius 3 is 2.84 bits per heavy atom. The quantitative estimate of drug-likeness (QED) is 0.886. The van der Waals surface area contributed by atoms with Crippen molar-refractivity contribution in [3.05, 3.63) is 29.8 Å². The number of fused-ring (bicyclic) bond motifs is 1. The van der Waals surface area contributed by atoms with E-state index in [0.717, 1.165) is 25.2 Å². The van der Waals surface area contributed by atoms with Crippen molar-refractivity contribution in [1.29, 1.82) is 0 Å². The number of hydrogen-bond acceptors (Lipinski definition) is 3. The summed E-state index contributed by atoms with van der Waals surface area (Å²) in [7, 11) is 3.79. The Morgan fingerprint density at radius 1 is 1.42 bits per heavy atom. The second-order valence-electron chi connectivity index (χ2n) is 5.76. The van der Waals surface area contributed by atoms with Crippen LogP contribution in [-0.4, -0.2) is 32.4 Å². The molecule has 0 saturated heterocycles. The summed E-state index contributed by atoms with van der Waals surface area (Å²) in [6.45, 7) is 5.09. The molecule has 1 aliphatic rings. The van der Waals surface area contributed by atoms with Crippen molar-refractivity contribution in [2.45, 2.75) is 44.2 Å². The predicted molar refractivity (Wildman–Crippen MR) is 77.8 cm³/mol. The van der Waals surface area contributed by atoms with Gasteiger partial charge in [0.05, 0.1) is 12.2 Å². The van der Waals surface area contributed by atoms with Gasteiger partial charge in [-0.15, -0.1) is 0 Å². The van der Waals surface area contributed by atoms with Crippen molar-refractivity contribution >= 4 is 0 Å². The number of ether oxygens (including phenoxy) is 2. The average molecular weight is 263 g/mol. The summed E-state index contributed by atoms with van der Waals surface area (Å²) in [5, 5.41) is 3.41. The van der Waals surface area contributed by atoms with Crippen LogP contribution in [0.5, 0.6) is 5.75 Å². The highest BCUT2D eigenvalue weighted by Crippen LogP contribution is 2.37. The molecule has 0 saturated carbocycles. The molecule has 1 N–H and O–H groups in total. The highest BCUT2D eigenvalue weighted by atomic mass is 16.5. The Balaban J connectivity index is 2.15. The number of benzene rings is 1. The van der Waals surface area contributed by atoms with Crippen LogP contribution in [0.1, 0.15) is 38.2 Å². The fraction of sp³-hybridized carbons (Fsp3) is 0.625. The second-order valence-corrected chi connectivity index (χ2v) is 5.76. The largest absolute Gasteiger partial charge is 0.493 e. The van der Waals surface area contributed by atoms with Crippen LogP contribution in [0.25, 0.3) is 0 Å². The number of methoxy groups -OCH3 is 1. The van der Waals surface area contributed by atoms with Gasteiger partial charge in [0.25, 0.3) is 0 Å². The van der Waals surface area contributed by atoms with Crippen LogP contribution >= 0.6 is 0 Å². The molecule has 0 bridgehead atoms. The molecule has 2 rings (SSSR count). The lowest BCUT2D eigenvalue weighted by molar-refractivity contribution is -0.0132. The van der Waals surface area contributed by atoms with Crippen LogP contribution in [0.3, 0.4) is 0 Å². The third-order valence-corrected chi connectivity index (χ3v) is 4.32. The van der Waals surface area contributed by atoms with Crippen LogP contribution in [0.15, 0.2) is 24.3 Å². The van der Waals surface area contributed by atoms with Gasteiger partial charge in [0, 0.05) is 13.2 Å². The number of nitrogens with one attached hydrogen (secondary N) is 1. The van der Waals surface area contributed by atoms with Crippen molar-refractivity contribution in [3.8, 4) is 5.75 Å². The van der Waals surface area contributed by atoms with Crippen molar-refractivity contribution in [3.63, 3.8) is 0 Å². The van der Waals surface area contributed by atoms with E-state index in [1.807, 2.05) is 13.1 Å². The molecule has 3 nitrogen and oxygen atoms in total. The van der Waals surface area contributed by atoms with Gasteiger partial charge in [-0.25, -0.2) is 0 Å². The fourth-order valence-corrected chi connectivity index (χ4v) is 2.84. The van der Waals surface area contributed by atoms with Crippen LogP contribution in [0.2, 0.25) is 0 Å². The molecule has 2 atom stereocenters. The summed E-state index contributed by atoms with van der Waals surface area (Å²) in [6, 6.07) is 8.71. The van der Waals surface area contributed by atoms with Gasteiger partial charge in [-0.1, -0.05) is 18.2 Å². The van der Waals surface area contributed by atoms with E-state index in [1.165, 1.54) is 5.56 Å². The molecule has 0 spiro atoms. The predicted octanol–water partition coefficient (Wildman–Crippen LogP) is 2.96. The first-order chi connectivity index (χ1) is 9.08. The molecular weight excluding hydrogens is 238 g/mol. The summed E-state index contributed by atoms with van der Waals surface area (Å²) < 4.78 is 11.4. The molecule has 2 unspecified atom stereocenters. The molecule has 19 heavy (non-hydrogen) atoms. The average Bonchev–Trinajstić information content (AvgIpc) is 2.44. The number of likely N-dealkylation sites (N-methyl/N-ethyl adjacent to an activating group) is 1. The Morgan fingerprint density at radius 2 is 2.16 bits per heavy atom. The summed E-state index contributed by atoms with van der Waals surface area (Å²) in [5.41, 5.74) is 1.17. The normalized spacial score (nSPS) is 20.5. The lowest BCUT2D eigenvalue weighted by atomic mass is 9.83. The third kappa shape index (κ3) is 3.10. The highest BCUT2D eigenvalue weighted by molar-refractivity contribution is 5.37. The summed E-state index contributed by atoms with van der Waals surface area (Å²) in [4.78, 5) is 0. The zero-order valence-corrected chi connectivity index (χ0v) is 12.4. The van der Waals surface area contributed by atoms with E-state index < -0.39 is 0 Å². The number of rotatable bonds is 5. The van der Waals surface area contributed by atoms with E-state index in [0.29, 0.717) is 12.0 Å². The standard InChI is InChI=1S/C16H25NO2/c1-16(2,18-4)15(17-3)11-12-9-10-19-14-8-6-5-7-13(12)14/h5-8,12,15,17H,9-11H2,1-4H3. The SMILES string of the molecule is CNC(CC1CCOc2ccccc21)C(C)(C)OC. The lowest BCUT2D eigenvalue weighted by Crippen LogP contribution is -2.47. The molecule has 3 heteroatoms. The van der Waals surface area contributed by atoms with Gasteiger partial charge in [-0.2, -0.15) is 0 Å². The van der Waals surface area contributed by atoms with E-state index in [9.17, 15) is 0 Å². The first-order valence-electron chi connectivity index (χ1n) is 7.02. The maximum absolute atomic E-state index is 5.73. The minimum atomic E-state index is -0.165. The van der Waals surface area contributed by atoms with Crippen molar-refractivity contribution < 1.29 is 9.47 Å². The van der Waals surface area contributed by atoms with E-state index in [1.54, 1.807) is 7.11 Å². The Hall–Kier alpha value is -1.06. The van der Waals surface area contributed by atoms with E-state index in [2.05, 4.69) is 37.4 Å². The minimum absolute atomic E-state index is 0.165. The van der Waals surface area contributed by atoms with Crippen LogP contribution in [0, 0.1) is 0 Å². The highest BCUT2D eigenvalue weighted by Gasteiger charge is 2.32. The van der Waals surface area contributed by atoms with Crippen LogP contribution in [-0.2, 0) is 4.74 Å². The van der Waals surface area contributed by atoms with Gasteiger partial charge in [-0.05, 0) is 51.3 Å². The smallest absolute Gasteiger partial charge is 0.122 e. The Kier molecular flexibility index (Phi) is 4.48. The molecule has 1 aliphatic heterocycles. The molecule has 0 amide bonds. The zero-order chi connectivity index (χ0) is 13.9. The summed E-state index contributed by atoms with van der Waals surface area (Å²) in [5.74, 6) is 1.58. The van der Waals surface area contributed by atoms with Crippen molar-refractivity contribution in [1.82, 2.24) is 5.32 Å². The molecule has 0 fully saturated rings. The topological polar surface area (TPSA) is 30.5 Å². The van der Waals surface area contributed by atoms with Crippen LogP contribution in [0.4, 0.5) is 0 Å². The van der Waals surface area contributed by atoms with Gasteiger partial charge in [0.15, 0.2) is 0 Å². The maximum atomic E-state index is 5.73. The number of para-hydroxylation sites is 1. The molecule has 1 aromatic rings. The molecule has 1 heterocycles. The first-order valence-corrected chi connectivity index (χ1v) is 7.02. The van der Waals surface area contributed by atoms with Gasteiger partial charge >= 0.3 is 0 Å². The van der Waals surface area contributed by atoms with E-state index in [-0.39, 0.29) is 5.60 Å². The van der Waals surface area contributed by atoms with Gasteiger partial charge in [0.1, 0.15) is 5.75 Å².